The van der Waals surface area contributed by atoms with Gasteiger partial charge in [-0.3, -0.25) is 9.59 Å². The first-order valence-electron chi connectivity index (χ1n) is 10.6. The second-order valence-corrected chi connectivity index (χ2v) is 7.95. The lowest BCUT2D eigenvalue weighted by molar-refractivity contribution is -0.142. The molecule has 0 radical (unpaired) electrons. The molecule has 0 fully saturated rings. The van der Waals surface area contributed by atoms with E-state index in [0.29, 0.717) is 59.8 Å². The summed E-state index contributed by atoms with van der Waals surface area (Å²) in [6.07, 6.45) is 0.599. The summed E-state index contributed by atoms with van der Waals surface area (Å²) in [7, 11) is 1.53. The van der Waals surface area contributed by atoms with E-state index in [1.807, 2.05) is 35.2 Å². The van der Waals surface area contributed by atoms with E-state index < -0.39 is 0 Å². The van der Waals surface area contributed by atoms with E-state index in [0.717, 1.165) is 17.1 Å². The Morgan fingerprint density at radius 1 is 1.21 bits per heavy atom. The number of fused-ring (bicyclic) bond motifs is 1. The highest BCUT2D eigenvalue weighted by Crippen LogP contribution is 2.39. The van der Waals surface area contributed by atoms with Gasteiger partial charge in [0, 0.05) is 48.2 Å². The van der Waals surface area contributed by atoms with Gasteiger partial charge in [0.2, 0.25) is 5.13 Å². The van der Waals surface area contributed by atoms with E-state index in [4.69, 9.17) is 9.47 Å². The molecule has 0 spiro atoms. The second-order valence-electron chi connectivity index (χ2n) is 7.22. The van der Waals surface area contributed by atoms with Crippen molar-refractivity contribution in [2.75, 3.05) is 31.7 Å². The molecule has 0 saturated heterocycles. The first-order valence-corrected chi connectivity index (χ1v) is 11.3. The zero-order valence-corrected chi connectivity index (χ0v) is 19.2. The lowest BCUT2D eigenvalue weighted by Gasteiger charge is -2.30. The smallest absolute Gasteiger partial charge is 0.307 e. The number of benzene rings is 2. The molecule has 3 aromatic rings. The average molecular weight is 466 g/mol. The maximum absolute atomic E-state index is 12.6. The van der Waals surface area contributed by atoms with Crippen LogP contribution in [0.15, 0.2) is 52.7 Å². The first kappa shape index (κ1) is 22.5. The minimum Gasteiger partial charge on any atom is -0.494 e. The van der Waals surface area contributed by atoms with Gasteiger partial charge in [-0.2, -0.15) is 9.36 Å². The Kier molecular flexibility index (Phi) is 7.04. The zero-order chi connectivity index (χ0) is 23.2. The van der Waals surface area contributed by atoms with Gasteiger partial charge in [-0.25, -0.2) is 0 Å². The van der Waals surface area contributed by atoms with Gasteiger partial charge in [0.05, 0.1) is 25.8 Å². The molecule has 0 N–H and O–H groups in total. The summed E-state index contributed by atoms with van der Waals surface area (Å²) in [5, 5.41) is 8.89. The molecule has 170 valence electrons. The van der Waals surface area contributed by atoms with Crippen LogP contribution >= 0.6 is 11.5 Å². The van der Waals surface area contributed by atoms with E-state index in [-0.39, 0.29) is 18.2 Å². The summed E-state index contributed by atoms with van der Waals surface area (Å²) in [6, 6.07) is 13.1. The van der Waals surface area contributed by atoms with E-state index in [9.17, 15) is 9.59 Å². The molecule has 0 atom stereocenters. The van der Waals surface area contributed by atoms with Crippen LogP contribution in [-0.2, 0) is 9.53 Å². The van der Waals surface area contributed by atoms with E-state index in [1.54, 1.807) is 19.1 Å². The number of hydrogen-bond donors (Lipinski definition) is 0. The van der Waals surface area contributed by atoms with Gasteiger partial charge in [0.25, 0.3) is 0 Å². The fourth-order valence-corrected chi connectivity index (χ4v) is 4.04. The molecule has 2 aromatic carbocycles. The van der Waals surface area contributed by atoms with Gasteiger partial charge in [-0.05, 0) is 13.0 Å². The fourth-order valence-electron chi connectivity index (χ4n) is 3.52. The predicted molar refractivity (Wildman–Crippen MR) is 125 cm³/mol. The Morgan fingerprint density at radius 3 is 2.79 bits per heavy atom. The molecule has 0 aliphatic carbocycles. The highest BCUT2D eigenvalue weighted by atomic mass is 32.1. The number of esters is 1. The molecular formula is C23H23N5O4S. The third kappa shape index (κ3) is 5.23. The Morgan fingerprint density at radius 2 is 2.03 bits per heavy atom. The molecule has 9 nitrogen and oxygen atoms in total. The molecular weight excluding hydrogens is 442 g/mol. The summed E-state index contributed by atoms with van der Waals surface area (Å²) in [5.41, 5.74) is 2.57. The highest BCUT2D eigenvalue weighted by Gasteiger charge is 2.26. The van der Waals surface area contributed by atoms with Crippen LogP contribution in [0.1, 0.15) is 30.1 Å². The topological polar surface area (TPSA) is 106 Å². The SMILES string of the molecule is CCOC(=O)CCN1CCC(=O)c2cc(N=Nc3nc(-c4ccccc4)ns3)c(OC)cc21. The number of nitrogens with zero attached hydrogens (tertiary/aromatic N) is 5. The highest BCUT2D eigenvalue weighted by molar-refractivity contribution is 7.09. The van der Waals surface area contributed by atoms with E-state index >= 15 is 0 Å². The van der Waals surface area contributed by atoms with Gasteiger partial charge < -0.3 is 14.4 Å². The van der Waals surface area contributed by atoms with Crippen molar-refractivity contribution < 1.29 is 19.1 Å². The molecule has 2 heterocycles. The molecule has 33 heavy (non-hydrogen) atoms. The van der Waals surface area contributed by atoms with Crippen LogP contribution in [0.3, 0.4) is 0 Å². The lowest BCUT2D eigenvalue weighted by Crippen LogP contribution is -2.34. The quantitative estimate of drug-likeness (QED) is 0.341. The maximum atomic E-state index is 12.6. The standard InChI is InChI=1S/C23H23N5O4S/c1-3-32-21(30)10-12-28-11-9-19(29)16-13-17(20(31-2)14-18(16)28)25-26-23-24-22(27-33-23)15-7-5-4-6-8-15/h4-8,13-14H,3,9-12H2,1-2H3. The minimum absolute atomic E-state index is 0.0127. The zero-order valence-electron chi connectivity index (χ0n) is 18.4. The van der Waals surface area contributed by atoms with Gasteiger partial charge in [0.1, 0.15) is 11.4 Å². The van der Waals surface area contributed by atoms with Crippen molar-refractivity contribution in [3.8, 4) is 17.1 Å². The van der Waals surface area contributed by atoms with Gasteiger partial charge in [-0.15, -0.1) is 10.2 Å². The number of rotatable bonds is 8. The average Bonchev–Trinajstić information content (AvgIpc) is 3.32. The second kappa shape index (κ2) is 10.3. The van der Waals surface area contributed by atoms with Gasteiger partial charge in [0.15, 0.2) is 11.6 Å². The van der Waals surface area contributed by atoms with Crippen molar-refractivity contribution >= 4 is 39.8 Å². The van der Waals surface area contributed by atoms with Gasteiger partial charge >= 0.3 is 5.97 Å². The summed E-state index contributed by atoms with van der Waals surface area (Å²) in [5.74, 6) is 0.805. The summed E-state index contributed by atoms with van der Waals surface area (Å²) >= 11 is 1.14. The predicted octanol–water partition coefficient (Wildman–Crippen LogP) is 4.98. The molecule has 0 unspecified atom stereocenters. The molecule has 4 rings (SSSR count). The van der Waals surface area contributed by atoms with Crippen LogP contribution in [0.25, 0.3) is 11.4 Å². The summed E-state index contributed by atoms with van der Waals surface area (Å²) in [6.45, 7) is 3.11. The minimum atomic E-state index is -0.264. The number of hydrogen-bond acceptors (Lipinski definition) is 10. The molecule has 0 bridgehead atoms. The molecule has 1 aliphatic rings. The molecule has 0 amide bonds. The number of ether oxygens (including phenoxy) is 2. The van der Waals surface area contributed by atoms with Crippen molar-refractivity contribution in [3.63, 3.8) is 0 Å². The number of Topliss-reactive ketones (excluding diaryl/α,β-unsaturated/α-hetero) is 1. The van der Waals surface area contributed by atoms with Gasteiger partial charge in [-0.1, -0.05) is 30.3 Å². The van der Waals surface area contributed by atoms with Crippen LogP contribution in [0.2, 0.25) is 0 Å². The Labute approximate surface area is 195 Å². The third-order valence-corrected chi connectivity index (χ3v) is 5.73. The van der Waals surface area contributed by atoms with Crippen molar-refractivity contribution in [1.29, 1.82) is 0 Å². The molecule has 1 aromatic heterocycles. The summed E-state index contributed by atoms with van der Waals surface area (Å²) in [4.78, 5) is 30.8. The number of aromatic nitrogens is 2. The number of azo groups is 1. The number of anilines is 1. The summed E-state index contributed by atoms with van der Waals surface area (Å²) < 4.78 is 14.8. The third-order valence-electron chi connectivity index (χ3n) is 5.13. The van der Waals surface area contributed by atoms with E-state index in [1.165, 1.54) is 7.11 Å². The van der Waals surface area contributed by atoms with Crippen molar-refractivity contribution in [2.24, 2.45) is 10.2 Å². The number of ketones is 1. The van der Waals surface area contributed by atoms with E-state index in [2.05, 4.69) is 19.6 Å². The van der Waals surface area contributed by atoms with Crippen LogP contribution in [0.5, 0.6) is 5.75 Å². The van der Waals surface area contributed by atoms with Crippen LogP contribution in [0.4, 0.5) is 16.5 Å². The fraction of sp³-hybridized carbons (Fsp3) is 0.304. The molecule has 1 aliphatic heterocycles. The first-order chi connectivity index (χ1) is 16.1. The Balaban J connectivity index is 1.57. The number of methoxy groups -OCH3 is 1. The number of carbonyl (C=O) groups is 2. The monoisotopic (exact) mass is 465 g/mol. The Bertz CT molecular complexity index is 1180. The molecule has 10 heteroatoms. The van der Waals surface area contributed by atoms with Crippen molar-refractivity contribution in [3.05, 3.63) is 48.0 Å². The maximum Gasteiger partial charge on any atom is 0.307 e. The largest absolute Gasteiger partial charge is 0.494 e. The Hall–Kier alpha value is -3.66. The lowest BCUT2D eigenvalue weighted by atomic mass is 9.99. The van der Waals surface area contributed by atoms with Crippen molar-refractivity contribution in [1.82, 2.24) is 9.36 Å². The molecule has 0 saturated carbocycles. The van der Waals surface area contributed by atoms with Crippen molar-refractivity contribution in [2.45, 2.75) is 19.8 Å². The van der Waals surface area contributed by atoms with Crippen LogP contribution in [-0.4, -0.2) is 47.9 Å². The van der Waals surface area contributed by atoms with Crippen LogP contribution < -0.4 is 9.64 Å². The normalized spacial score (nSPS) is 13.3. The van der Waals surface area contributed by atoms with Crippen LogP contribution in [0, 0.1) is 0 Å². The number of carbonyl (C=O) groups excluding carboxylic acids is 2.